The van der Waals surface area contributed by atoms with Crippen LogP contribution in [-0.2, 0) is 9.53 Å². The van der Waals surface area contributed by atoms with Gasteiger partial charge in [-0.2, -0.15) is 0 Å². The van der Waals surface area contributed by atoms with Crippen molar-refractivity contribution in [3.05, 3.63) is 84.6 Å². The van der Waals surface area contributed by atoms with Crippen LogP contribution in [0.5, 0.6) is 5.75 Å². The van der Waals surface area contributed by atoms with Crippen LogP contribution in [0.1, 0.15) is 18.9 Å². The molecule has 1 N–H and O–H groups in total. The zero-order chi connectivity index (χ0) is 23.9. The number of carbonyl (C=O) groups excluding carboxylic acids is 1. The van der Waals surface area contributed by atoms with Gasteiger partial charge >= 0.3 is 0 Å². The number of hydrogen-bond acceptors (Lipinski definition) is 4. The molecule has 5 nitrogen and oxygen atoms in total. The summed E-state index contributed by atoms with van der Waals surface area (Å²) in [4.78, 5) is 12.4. The van der Waals surface area contributed by atoms with Crippen molar-refractivity contribution in [2.75, 3.05) is 27.4 Å². The monoisotopic (exact) mass is 455 g/mol. The van der Waals surface area contributed by atoms with Crippen LogP contribution in [0.25, 0.3) is 38.8 Å². The number of benzene rings is 3. The van der Waals surface area contributed by atoms with Gasteiger partial charge in [-0.15, -0.1) is 0 Å². The highest BCUT2D eigenvalue weighted by atomic mass is 16.5. The first-order chi connectivity index (χ1) is 16.6. The first-order valence-corrected chi connectivity index (χ1v) is 11.3. The Bertz CT molecular complexity index is 1290. The number of allylic oxidation sites excluding steroid dienone is 1. The fourth-order valence-corrected chi connectivity index (χ4v) is 3.98. The quantitative estimate of drug-likeness (QED) is 0.237. The molecule has 0 aliphatic carbocycles. The van der Waals surface area contributed by atoms with Gasteiger partial charge in [0.15, 0.2) is 0 Å². The van der Waals surface area contributed by atoms with Crippen LogP contribution in [0, 0.1) is 0 Å². The fraction of sp³-hybridized carbons (Fsp3) is 0.207. The molecular weight excluding hydrogens is 426 g/mol. The van der Waals surface area contributed by atoms with E-state index in [1.54, 1.807) is 26.6 Å². The van der Waals surface area contributed by atoms with E-state index in [0.29, 0.717) is 18.9 Å². The fourth-order valence-electron chi connectivity index (χ4n) is 3.98. The Morgan fingerprint density at radius 1 is 0.971 bits per heavy atom. The molecule has 4 rings (SSSR count). The summed E-state index contributed by atoms with van der Waals surface area (Å²) in [5.74, 6) is 0.522. The predicted octanol–water partition coefficient (Wildman–Crippen LogP) is 6.33. The SMILES string of the molecule is COCCCNC(=O)/C=C(\C)c1cc2c(-c3ccc(-c4ccccc4)cc3)coc2cc1OC. The average Bonchev–Trinajstić information content (AvgIpc) is 3.29. The van der Waals surface area contributed by atoms with E-state index < -0.39 is 0 Å². The zero-order valence-electron chi connectivity index (χ0n) is 19.8. The number of amides is 1. The summed E-state index contributed by atoms with van der Waals surface area (Å²) in [5, 5.41) is 3.86. The minimum absolute atomic E-state index is 0.139. The number of hydrogen-bond donors (Lipinski definition) is 1. The molecule has 0 bridgehead atoms. The second-order valence-corrected chi connectivity index (χ2v) is 8.11. The van der Waals surface area contributed by atoms with Crippen molar-refractivity contribution in [1.29, 1.82) is 0 Å². The molecule has 174 valence electrons. The lowest BCUT2D eigenvalue weighted by Gasteiger charge is -2.10. The highest BCUT2D eigenvalue weighted by molar-refractivity contribution is 6.00. The van der Waals surface area contributed by atoms with E-state index in [-0.39, 0.29) is 5.91 Å². The van der Waals surface area contributed by atoms with Gasteiger partial charge in [-0.1, -0.05) is 54.6 Å². The van der Waals surface area contributed by atoms with E-state index in [2.05, 4.69) is 41.7 Å². The number of ether oxygens (including phenoxy) is 2. The van der Waals surface area contributed by atoms with Crippen LogP contribution in [0.15, 0.2) is 83.5 Å². The molecule has 0 unspecified atom stereocenters. The summed E-state index contributed by atoms with van der Waals surface area (Å²) in [6.45, 7) is 3.09. The summed E-state index contributed by atoms with van der Waals surface area (Å²) < 4.78 is 16.5. The molecule has 0 saturated carbocycles. The Labute approximate surface area is 200 Å². The van der Waals surface area contributed by atoms with Gasteiger partial charge in [0, 0.05) is 48.9 Å². The molecule has 0 spiro atoms. The van der Waals surface area contributed by atoms with Crippen molar-refractivity contribution in [1.82, 2.24) is 5.32 Å². The zero-order valence-corrected chi connectivity index (χ0v) is 19.8. The number of fused-ring (bicyclic) bond motifs is 1. The van der Waals surface area contributed by atoms with Crippen LogP contribution < -0.4 is 10.1 Å². The Balaban J connectivity index is 1.64. The van der Waals surface area contributed by atoms with Crippen LogP contribution in [0.3, 0.4) is 0 Å². The topological polar surface area (TPSA) is 60.7 Å². The van der Waals surface area contributed by atoms with Gasteiger partial charge < -0.3 is 19.2 Å². The van der Waals surface area contributed by atoms with Crippen LogP contribution >= 0.6 is 0 Å². The molecule has 0 atom stereocenters. The highest BCUT2D eigenvalue weighted by Gasteiger charge is 2.15. The van der Waals surface area contributed by atoms with Gasteiger partial charge in [0.25, 0.3) is 0 Å². The third kappa shape index (κ3) is 5.21. The molecule has 4 aromatic rings. The minimum Gasteiger partial charge on any atom is -0.496 e. The van der Waals surface area contributed by atoms with Gasteiger partial charge in [0.05, 0.1) is 13.4 Å². The molecule has 0 radical (unpaired) electrons. The third-order valence-electron chi connectivity index (χ3n) is 5.80. The third-order valence-corrected chi connectivity index (χ3v) is 5.80. The second kappa shape index (κ2) is 10.9. The maximum absolute atomic E-state index is 12.4. The molecular formula is C29H29NO4. The van der Waals surface area contributed by atoms with Gasteiger partial charge in [-0.3, -0.25) is 4.79 Å². The van der Waals surface area contributed by atoms with Crippen molar-refractivity contribution in [3.8, 4) is 28.0 Å². The van der Waals surface area contributed by atoms with E-state index in [4.69, 9.17) is 13.9 Å². The number of furan rings is 1. The largest absolute Gasteiger partial charge is 0.496 e. The number of carbonyl (C=O) groups is 1. The van der Waals surface area contributed by atoms with Crippen molar-refractivity contribution >= 4 is 22.4 Å². The summed E-state index contributed by atoms with van der Waals surface area (Å²) in [6, 6.07) is 22.6. The van der Waals surface area contributed by atoms with Gasteiger partial charge in [-0.25, -0.2) is 0 Å². The molecule has 0 aliphatic rings. The van der Waals surface area contributed by atoms with Crippen molar-refractivity contribution < 1.29 is 18.7 Å². The summed E-state index contributed by atoms with van der Waals surface area (Å²) in [5.41, 5.74) is 6.80. The Hall–Kier alpha value is -3.83. The number of methoxy groups -OCH3 is 2. The molecule has 1 aromatic heterocycles. The van der Waals surface area contributed by atoms with Crippen molar-refractivity contribution in [3.63, 3.8) is 0 Å². The summed E-state index contributed by atoms with van der Waals surface area (Å²) in [6.07, 6.45) is 4.14. The van der Waals surface area contributed by atoms with Crippen molar-refractivity contribution in [2.24, 2.45) is 0 Å². The van der Waals surface area contributed by atoms with Gasteiger partial charge in [-0.05, 0) is 41.7 Å². The minimum atomic E-state index is -0.139. The molecule has 1 amide bonds. The molecule has 0 fully saturated rings. The molecule has 5 heteroatoms. The van der Waals surface area contributed by atoms with Crippen LogP contribution in [0.2, 0.25) is 0 Å². The van der Waals surface area contributed by atoms with Crippen LogP contribution in [-0.4, -0.2) is 33.3 Å². The first-order valence-electron chi connectivity index (χ1n) is 11.3. The standard InChI is InChI=1S/C29H29NO4/c1-20(16-29(31)30-14-7-15-32-2)24-17-25-26(19-34-28(25)18-27(24)33-3)23-12-10-22(11-13-23)21-8-5-4-6-9-21/h4-6,8-13,16-19H,7,14-15H2,1-3H3,(H,30,31)/b20-16+. The lowest BCUT2D eigenvalue weighted by Crippen LogP contribution is -2.23. The smallest absolute Gasteiger partial charge is 0.244 e. The maximum atomic E-state index is 12.4. The Morgan fingerprint density at radius 2 is 1.68 bits per heavy atom. The normalized spacial score (nSPS) is 11.6. The first kappa shape index (κ1) is 23.3. The molecule has 1 heterocycles. The van der Waals surface area contributed by atoms with Gasteiger partial charge in [0.2, 0.25) is 5.91 Å². The molecule has 3 aromatic carbocycles. The number of rotatable bonds is 9. The van der Waals surface area contributed by atoms with E-state index in [9.17, 15) is 4.79 Å². The van der Waals surface area contributed by atoms with E-state index in [0.717, 1.165) is 45.2 Å². The average molecular weight is 456 g/mol. The Morgan fingerprint density at radius 3 is 2.38 bits per heavy atom. The van der Waals surface area contributed by atoms with E-state index >= 15 is 0 Å². The predicted molar refractivity (Wildman–Crippen MR) is 137 cm³/mol. The molecule has 0 aliphatic heterocycles. The van der Waals surface area contributed by atoms with E-state index in [1.165, 1.54) is 5.56 Å². The lowest BCUT2D eigenvalue weighted by atomic mass is 9.97. The van der Waals surface area contributed by atoms with Gasteiger partial charge in [0.1, 0.15) is 11.3 Å². The van der Waals surface area contributed by atoms with Crippen LogP contribution in [0.4, 0.5) is 0 Å². The summed E-state index contributed by atoms with van der Waals surface area (Å²) in [7, 11) is 3.27. The number of nitrogens with one attached hydrogen (secondary N) is 1. The lowest BCUT2D eigenvalue weighted by molar-refractivity contribution is -0.116. The highest BCUT2D eigenvalue weighted by Crippen LogP contribution is 2.37. The Kier molecular flexibility index (Phi) is 7.45. The summed E-state index contributed by atoms with van der Waals surface area (Å²) >= 11 is 0. The van der Waals surface area contributed by atoms with E-state index in [1.807, 2.05) is 37.3 Å². The molecule has 34 heavy (non-hydrogen) atoms. The molecule has 0 saturated heterocycles. The maximum Gasteiger partial charge on any atom is 0.244 e. The van der Waals surface area contributed by atoms with Crippen molar-refractivity contribution in [2.45, 2.75) is 13.3 Å². The second-order valence-electron chi connectivity index (χ2n) is 8.11.